The van der Waals surface area contributed by atoms with E-state index in [1.165, 1.54) is 0 Å². The predicted octanol–water partition coefficient (Wildman–Crippen LogP) is 4.09. The number of halogens is 2. The second-order valence-electron chi connectivity index (χ2n) is 5.98. The molecule has 1 unspecified atom stereocenters. The summed E-state index contributed by atoms with van der Waals surface area (Å²) in [5.41, 5.74) is 3.74. The first kappa shape index (κ1) is 14.9. The molecule has 0 spiro atoms. The van der Waals surface area contributed by atoms with Gasteiger partial charge < -0.3 is 19.5 Å². The average Bonchev–Trinajstić information content (AvgIpc) is 3.20. The zero-order chi connectivity index (χ0) is 17.1. The molecule has 0 radical (unpaired) electrons. The molecule has 0 amide bonds. The van der Waals surface area contributed by atoms with Crippen molar-refractivity contribution in [3.8, 4) is 11.5 Å². The topological polar surface area (TPSA) is 56.8 Å². The molecule has 0 bridgehead atoms. The third-order valence-electron chi connectivity index (χ3n) is 4.59. The fourth-order valence-corrected chi connectivity index (χ4v) is 3.90. The predicted molar refractivity (Wildman–Crippen MR) is 92.5 cm³/mol. The number of hydrogen-bond acceptors (Lipinski definition) is 5. The van der Waals surface area contributed by atoms with Gasteiger partial charge >= 0.3 is 5.97 Å². The van der Waals surface area contributed by atoms with Crippen molar-refractivity contribution in [1.29, 1.82) is 0 Å². The number of ether oxygens (including phenoxy) is 3. The quantitative estimate of drug-likeness (QED) is 0.760. The average molecular weight is 376 g/mol. The van der Waals surface area contributed by atoms with Gasteiger partial charge in [0.15, 0.2) is 11.5 Å². The number of benzene rings is 2. The Labute approximate surface area is 153 Å². The monoisotopic (exact) mass is 375 g/mol. The van der Waals surface area contributed by atoms with Crippen LogP contribution in [-0.2, 0) is 9.53 Å². The van der Waals surface area contributed by atoms with Crippen molar-refractivity contribution in [2.24, 2.45) is 0 Å². The van der Waals surface area contributed by atoms with Gasteiger partial charge in [0.25, 0.3) is 0 Å². The molecule has 3 aliphatic heterocycles. The third kappa shape index (κ3) is 2.19. The van der Waals surface area contributed by atoms with Gasteiger partial charge in [-0.3, -0.25) is 0 Å². The zero-order valence-electron chi connectivity index (χ0n) is 12.8. The minimum atomic E-state index is -0.387. The Balaban J connectivity index is 1.77. The van der Waals surface area contributed by atoms with Crippen LogP contribution in [0.2, 0.25) is 10.0 Å². The standard InChI is InChI=1S/C18H11Cl2NO4/c19-8-1-2-11(20)9(3-8)16-10-4-14-15(25-7-24-14)5-12(10)21-13-6-23-18(22)17(13)16/h1-5,16,21H,6-7H2. The summed E-state index contributed by atoms with van der Waals surface area (Å²) in [6.45, 7) is 0.382. The van der Waals surface area contributed by atoms with E-state index in [1.807, 2.05) is 12.1 Å². The highest BCUT2D eigenvalue weighted by Gasteiger charge is 2.40. The second-order valence-corrected chi connectivity index (χ2v) is 6.83. The van der Waals surface area contributed by atoms with E-state index in [-0.39, 0.29) is 25.3 Å². The minimum absolute atomic E-state index is 0.177. The number of carbonyl (C=O) groups excluding carboxylic acids is 1. The summed E-state index contributed by atoms with van der Waals surface area (Å²) >= 11 is 12.6. The van der Waals surface area contributed by atoms with E-state index in [9.17, 15) is 4.79 Å². The molecule has 0 aliphatic carbocycles. The van der Waals surface area contributed by atoms with Crippen LogP contribution in [0, 0.1) is 0 Å². The maximum atomic E-state index is 12.4. The molecule has 1 N–H and O–H groups in total. The molecular weight excluding hydrogens is 365 g/mol. The fourth-order valence-electron chi connectivity index (χ4n) is 3.49. The molecule has 5 nitrogen and oxygen atoms in total. The van der Waals surface area contributed by atoms with Crippen LogP contribution < -0.4 is 14.8 Å². The summed E-state index contributed by atoms with van der Waals surface area (Å²) in [6, 6.07) is 8.98. The molecule has 0 aromatic heterocycles. The first-order valence-electron chi connectivity index (χ1n) is 7.67. The first-order chi connectivity index (χ1) is 12.1. The van der Waals surface area contributed by atoms with Crippen LogP contribution in [-0.4, -0.2) is 19.4 Å². The highest BCUT2D eigenvalue weighted by atomic mass is 35.5. The van der Waals surface area contributed by atoms with Crippen LogP contribution >= 0.6 is 23.2 Å². The van der Waals surface area contributed by atoms with E-state index in [2.05, 4.69) is 5.32 Å². The Morgan fingerprint density at radius 1 is 1.00 bits per heavy atom. The Bertz CT molecular complexity index is 970. The highest BCUT2D eigenvalue weighted by molar-refractivity contribution is 6.33. The maximum absolute atomic E-state index is 12.4. The van der Waals surface area contributed by atoms with Crippen LogP contribution in [0.3, 0.4) is 0 Å². The molecule has 0 fully saturated rings. The van der Waals surface area contributed by atoms with E-state index in [4.69, 9.17) is 37.4 Å². The number of cyclic esters (lactones) is 1. The van der Waals surface area contributed by atoms with Crippen molar-refractivity contribution >= 4 is 34.9 Å². The molecule has 1 atom stereocenters. The van der Waals surface area contributed by atoms with Crippen LogP contribution in [0.1, 0.15) is 17.0 Å². The number of hydrogen-bond donors (Lipinski definition) is 1. The highest BCUT2D eigenvalue weighted by Crippen LogP contribution is 2.50. The van der Waals surface area contributed by atoms with Gasteiger partial charge in [-0.15, -0.1) is 0 Å². The van der Waals surface area contributed by atoms with Gasteiger partial charge in [0.1, 0.15) is 6.61 Å². The van der Waals surface area contributed by atoms with E-state index >= 15 is 0 Å². The van der Waals surface area contributed by atoms with Crippen LogP contribution in [0.25, 0.3) is 0 Å². The van der Waals surface area contributed by atoms with E-state index in [1.54, 1.807) is 18.2 Å². The molecule has 7 heteroatoms. The van der Waals surface area contributed by atoms with Gasteiger partial charge in [-0.1, -0.05) is 23.2 Å². The number of fused-ring (bicyclic) bond motifs is 2. The van der Waals surface area contributed by atoms with E-state index in [0.717, 1.165) is 22.5 Å². The third-order valence-corrected chi connectivity index (χ3v) is 5.17. The van der Waals surface area contributed by atoms with Crippen molar-refractivity contribution in [2.45, 2.75) is 5.92 Å². The summed E-state index contributed by atoms with van der Waals surface area (Å²) in [6.07, 6.45) is 0. The van der Waals surface area contributed by atoms with Gasteiger partial charge in [-0.05, 0) is 35.4 Å². The Hall–Kier alpha value is -2.37. The number of carbonyl (C=O) groups is 1. The molecular formula is C18H11Cl2NO4. The van der Waals surface area contributed by atoms with Crippen LogP contribution in [0.4, 0.5) is 5.69 Å². The van der Waals surface area contributed by atoms with Crippen LogP contribution in [0.15, 0.2) is 41.6 Å². The van der Waals surface area contributed by atoms with Gasteiger partial charge in [0, 0.05) is 27.7 Å². The van der Waals surface area contributed by atoms with Crippen molar-refractivity contribution in [3.05, 3.63) is 62.8 Å². The molecule has 3 heterocycles. The summed E-state index contributed by atoms with van der Waals surface area (Å²) in [5.74, 6) is 0.560. The molecule has 0 saturated heterocycles. The van der Waals surface area contributed by atoms with Crippen LogP contribution in [0.5, 0.6) is 11.5 Å². The van der Waals surface area contributed by atoms with Gasteiger partial charge in [-0.2, -0.15) is 0 Å². The lowest BCUT2D eigenvalue weighted by molar-refractivity contribution is -0.136. The second kappa shape index (κ2) is 5.31. The lowest BCUT2D eigenvalue weighted by Gasteiger charge is -2.28. The SMILES string of the molecule is O=C1OCC2=C1C(c1cc(Cl)ccc1Cl)c1cc3c(cc1N2)OCO3. The Morgan fingerprint density at radius 2 is 1.80 bits per heavy atom. The van der Waals surface area contributed by atoms with Crippen molar-refractivity contribution in [2.75, 3.05) is 18.7 Å². The molecule has 126 valence electrons. The molecule has 3 aliphatic rings. The first-order valence-corrected chi connectivity index (χ1v) is 8.43. The summed E-state index contributed by atoms with van der Waals surface area (Å²) in [7, 11) is 0. The molecule has 5 rings (SSSR count). The lowest BCUT2D eigenvalue weighted by atomic mass is 9.81. The number of esters is 1. The largest absolute Gasteiger partial charge is 0.456 e. The number of anilines is 1. The summed E-state index contributed by atoms with van der Waals surface area (Å²) < 4.78 is 16.2. The summed E-state index contributed by atoms with van der Waals surface area (Å²) in [5, 5.41) is 4.36. The smallest absolute Gasteiger partial charge is 0.337 e. The molecule has 0 saturated carbocycles. The molecule has 25 heavy (non-hydrogen) atoms. The zero-order valence-corrected chi connectivity index (χ0v) is 14.3. The molecule has 2 aromatic carbocycles. The van der Waals surface area contributed by atoms with Crippen molar-refractivity contribution in [1.82, 2.24) is 0 Å². The lowest BCUT2D eigenvalue weighted by Crippen LogP contribution is -2.20. The summed E-state index contributed by atoms with van der Waals surface area (Å²) in [4.78, 5) is 12.4. The molecule has 2 aromatic rings. The number of nitrogens with one attached hydrogen (secondary N) is 1. The van der Waals surface area contributed by atoms with E-state index < -0.39 is 0 Å². The van der Waals surface area contributed by atoms with Crippen molar-refractivity contribution in [3.63, 3.8) is 0 Å². The van der Waals surface area contributed by atoms with Gasteiger partial charge in [0.05, 0.1) is 11.3 Å². The minimum Gasteiger partial charge on any atom is -0.456 e. The number of rotatable bonds is 1. The Morgan fingerprint density at radius 3 is 2.64 bits per heavy atom. The van der Waals surface area contributed by atoms with E-state index in [0.29, 0.717) is 27.1 Å². The van der Waals surface area contributed by atoms with Gasteiger partial charge in [0.2, 0.25) is 6.79 Å². The normalized spacial score (nSPS) is 20.1. The maximum Gasteiger partial charge on any atom is 0.337 e. The van der Waals surface area contributed by atoms with Gasteiger partial charge in [-0.25, -0.2) is 4.79 Å². The van der Waals surface area contributed by atoms with Crippen molar-refractivity contribution < 1.29 is 19.0 Å². The fraction of sp³-hybridized carbons (Fsp3) is 0.167. The Kier molecular flexibility index (Phi) is 3.17.